The molecule has 3 amide bonds. The number of rotatable bonds is 9. The van der Waals surface area contributed by atoms with Crippen molar-refractivity contribution in [1.29, 1.82) is 0 Å². The standard InChI is InChI=1S/C24H34N4O2S/c1-20-11-16-31-22(20)18-28(17-21-9-5-4-6-10-21)23(29)19-27(24(30)25(2)3)15-14-26-12-7-8-13-26/h4-6,9-11,16H,7-8,12-15,17-19H2,1-3H3. The molecule has 0 bridgehead atoms. The summed E-state index contributed by atoms with van der Waals surface area (Å²) in [5, 5.41) is 2.06. The zero-order valence-electron chi connectivity index (χ0n) is 18.9. The van der Waals surface area contributed by atoms with Crippen LogP contribution in [-0.4, -0.2) is 78.4 Å². The van der Waals surface area contributed by atoms with Crippen LogP contribution in [0.5, 0.6) is 0 Å². The van der Waals surface area contributed by atoms with Crippen LogP contribution in [-0.2, 0) is 17.9 Å². The summed E-state index contributed by atoms with van der Waals surface area (Å²) in [5.41, 5.74) is 2.29. The van der Waals surface area contributed by atoms with Gasteiger partial charge in [-0.1, -0.05) is 30.3 Å². The van der Waals surface area contributed by atoms with E-state index in [4.69, 9.17) is 0 Å². The summed E-state index contributed by atoms with van der Waals surface area (Å²) in [7, 11) is 3.48. The van der Waals surface area contributed by atoms with Crippen LogP contribution in [0.2, 0.25) is 0 Å². The SMILES string of the molecule is Cc1ccsc1CN(Cc1ccccc1)C(=O)CN(CCN1CCCC1)C(=O)N(C)C. The summed E-state index contributed by atoms with van der Waals surface area (Å²) in [6.07, 6.45) is 2.43. The number of hydrogen-bond acceptors (Lipinski definition) is 4. The van der Waals surface area contributed by atoms with Crippen molar-refractivity contribution in [2.75, 3.05) is 46.8 Å². The van der Waals surface area contributed by atoms with Crippen LogP contribution in [0.3, 0.4) is 0 Å². The molecule has 1 aromatic carbocycles. The van der Waals surface area contributed by atoms with Crippen LogP contribution >= 0.6 is 11.3 Å². The second-order valence-corrected chi connectivity index (χ2v) is 9.41. The van der Waals surface area contributed by atoms with E-state index in [1.807, 2.05) is 35.2 Å². The van der Waals surface area contributed by atoms with Gasteiger partial charge in [0.2, 0.25) is 5.91 Å². The molecule has 7 heteroatoms. The van der Waals surface area contributed by atoms with Crippen molar-refractivity contribution in [1.82, 2.24) is 19.6 Å². The second kappa shape index (κ2) is 11.3. The number of hydrogen-bond donors (Lipinski definition) is 0. The molecule has 1 fully saturated rings. The Labute approximate surface area is 190 Å². The van der Waals surface area contributed by atoms with Crippen molar-refractivity contribution < 1.29 is 9.59 Å². The number of likely N-dealkylation sites (tertiary alicyclic amines) is 1. The average Bonchev–Trinajstić information content (AvgIpc) is 3.42. The molecule has 2 aromatic rings. The number of amides is 3. The molecule has 31 heavy (non-hydrogen) atoms. The molecule has 3 rings (SSSR count). The molecule has 0 atom stereocenters. The van der Waals surface area contributed by atoms with Gasteiger partial charge < -0.3 is 19.6 Å². The molecule has 0 unspecified atom stereocenters. The fraction of sp³-hybridized carbons (Fsp3) is 0.500. The second-order valence-electron chi connectivity index (χ2n) is 8.41. The monoisotopic (exact) mass is 442 g/mol. The Morgan fingerprint density at radius 2 is 1.71 bits per heavy atom. The summed E-state index contributed by atoms with van der Waals surface area (Å²) >= 11 is 1.67. The van der Waals surface area contributed by atoms with Crippen molar-refractivity contribution >= 4 is 23.3 Å². The van der Waals surface area contributed by atoms with E-state index in [9.17, 15) is 9.59 Å². The van der Waals surface area contributed by atoms with E-state index in [-0.39, 0.29) is 18.5 Å². The Morgan fingerprint density at radius 1 is 1.00 bits per heavy atom. The topological polar surface area (TPSA) is 47.1 Å². The first kappa shape index (κ1) is 23.3. The molecule has 1 saturated heterocycles. The van der Waals surface area contributed by atoms with E-state index in [1.165, 1.54) is 23.3 Å². The molecule has 1 aromatic heterocycles. The summed E-state index contributed by atoms with van der Waals surface area (Å²) in [6.45, 7) is 6.82. The fourth-order valence-electron chi connectivity index (χ4n) is 3.83. The van der Waals surface area contributed by atoms with Crippen LogP contribution in [0.15, 0.2) is 41.8 Å². The maximum atomic E-state index is 13.4. The largest absolute Gasteiger partial charge is 0.332 e. The molecule has 168 valence electrons. The minimum absolute atomic E-state index is 0.0201. The predicted molar refractivity (Wildman–Crippen MR) is 126 cm³/mol. The number of benzene rings is 1. The summed E-state index contributed by atoms with van der Waals surface area (Å²) in [4.78, 5) is 34.9. The van der Waals surface area contributed by atoms with Gasteiger partial charge in [0.1, 0.15) is 6.54 Å². The number of nitrogens with zero attached hydrogens (tertiary/aromatic N) is 4. The van der Waals surface area contributed by atoms with Gasteiger partial charge in [0.15, 0.2) is 0 Å². The first-order valence-electron chi connectivity index (χ1n) is 11.0. The van der Waals surface area contributed by atoms with Crippen LogP contribution in [0, 0.1) is 6.92 Å². The van der Waals surface area contributed by atoms with Gasteiger partial charge in [-0.15, -0.1) is 11.3 Å². The lowest BCUT2D eigenvalue weighted by atomic mass is 10.2. The van der Waals surface area contributed by atoms with Gasteiger partial charge in [-0.3, -0.25) is 4.79 Å². The molecular weight excluding hydrogens is 408 g/mol. The Kier molecular flexibility index (Phi) is 8.49. The number of urea groups is 1. The van der Waals surface area contributed by atoms with E-state index < -0.39 is 0 Å². The lowest BCUT2D eigenvalue weighted by molar-refractivity contribution is -0.133. The molecule has 0 N–H and O–H groups in total. The maximum Gasteiger partial charge on any atom is 0.319 e. The minimum Gasteiger partial charge on any atom is -0.332 e. The highest BCUT2D eigenvalue weighted by atomic mass is 32.1. The van der Waals surface area contributed by atoms with Gasteiger partial charge in [0, 0.05) is 38.6 Å². The molecule has 0 saturated carbocycles. The molecule has 6 nitrogen and oxygen atoms in total. The van der Waals surface area contributed by atoms with Gasteiger partial charge in [-0.2, -0.15) is 0 Å². The van der Waals surface area contributed by atoms with Gasteiger partial charge in [0.05, 0.1) is 6.54 Å². The zero-order chi connectivity index (χ0) is 22.2. The Morgan fingerprint density at radius 3 is 2.32 bits per heavy atom. The van der Waals surface area contributed by atoms with Crippen molar-refractivity contribution in [3.63, 3.8) is 0 Å². The third kappa shape index (κ3) is 6.80. The fourth-order valence-corrected chi connectivity index (χ4v) is 4.75. The lowest BCUT2D eigenvalue weighted by Gasteiger charge is -2.30. The highest BCUT2D eigenvalue weighted by Gasteiger charge is 2.24. The van der Waals surface area contributed by atoms with E-state index in [0.717, 1.165) is 25.2 Å². The van der Waals surface area contributed by atoms with E-state index >= 15 is 0 Å². The molecule has 0 aliphatic carbocycles. The summed E-state index contributed by atoms with van der Waals surface area (Å²) in [6, 6.07) is 12.0. The average molecular weight is 443 g/mol. The quantitative estimate of drug-likeness (QED) is 0.595. The normalized spacial score (nSPS) is 13.9. The first-order valence-corrected chi connectivity index (χ1v) is 11.8. The molecule has 1 aliphatic rings. The third-order valence-electron chi connectivity index (χ3n) is 5.74. The Hall–Kier alpha value is -2.38. The lowest BCUT2D eigenvalue weighted by Crippen LogP contribution is -2.48. The van der Waals surface area contributed by atoms with E-state index in [2.05, 4.69) is 23.3 Å². The molecule has 2 heterocycles. The van der Waals surface area contributed by atoms with Gasteiger partial charge in [-0.25, -0.2) is 4.79 Å². The third-order valence-corrected chi connectivity index (χ3v) is 6.74. The van der Waals surface area contributed by atoms with Crippen molar-refractivity contribution in [3.05, 3.63) is 57.8 Å². The van der Waals surface area contributed by atoms with E-state index in [1.54, 1.807) is 35.2 Å². The number of carbonyl (C=O) groups excluding carboxylic acids is 2. The van der Waals surface area contributed by atoms with E-state index in [0.29, 0.717) is 19.6 Å². The van der Waals surface area contributed by atoms with Crippen LogP contribution in [0.25, 0.3) is 0 Å². The van der Waals surface area contributed by atoms with Crippen LogP contribution < -0.4 is 0 Å². The molecule has 0 radical (unpaired) electrons. The Bertz CT molecular complexity index is 846. The van der Waals surface area contributed by atoms with Crippen molar-refractivity contribution in [3.8, 4) is 0 Å². The van der Waals surface area contributed by atoms with Crippen molar-refractivity contribution in [2.45, 2.75) is 32.9 Å². The number of carbonyl (C=O) groups is 2. The molecular formula is C24H34N4O2S. The van der Waals surface area contributed by atoms with Gasteiger partial charge in [-0.05, 0) is 55.4 Å². The van der Waals surface area contributed by atoms with Gasteiger partial charge in [0.25, 0.3) is 0 Å². The number of aryl methyl sites for hydroxylation is 1. The smallest absolute Gasteiger partial charge is 0.319 e. The minimum atomic E-state index is -0.112. The molecule has 1 aliphatic heterocycles. The highest BCUT2D eigenvalue weighted by Crippen LogP contribution is 2.20. The zero-order valence-corrected chi connectivity index (χ0v) is 19.7. The van der Waals surface area contributed by atoms with Crippen molar-refractivity contribution in [2.24, 2.45) is 0 Å². The van der Waals surface area contributed by atoms with Crippen LogP contribution in [0.1, 0.15) is 28.8 Å². The van der Waals surface area contributed by atoms with Gasteiger partial charge >= 0.3 is 6.03 Å². The highest BCUT2D eigenvalue weighted by molar-refractivity contribution is 7.10. The first-order chi connectivity index (χ1) is 14.9. The Balaban J connectivity index is 1.72. The summed E-state index contributed by atoms with van der Waals surface area (Å²) < 4.78 is 0. The maximum absolute atomic E-state index is 13.4. The predicted octanol–water partition coefficient (Wildman–Crippen LogP) is 3.66. The number of thiophene rings is 1. The summed E-state index contributed by atoms with van der Waals surface area (Å²) in [5.74, 6) is -0.0201. The molecule has 0 spiro atoms. The van der Waals surface area contributed by atoms with Crippen LogP contribution in [0.4, 0.5) is 4.79 Å².